The SMILES string of the molecule is O=C(Oc1ccc(C2CCCCCC2)cc1)Oc1ccc(C2CCCCCC2)cc1. The Morgan fingerprint density at radius 3 is 1.20 bits per heavy atom. The van der Waals surface area contributed by atoms with Crippen LogP contribution in [0.25, 0.3) is 0 Å². The van der Waals surface area contributed by atoms with Crippen LogP contribution in [0.15, 0.2) is 48.5 Å². The summed E-state index contributed by atoms with van der Waals surface area (Å²) in [5.74, 6) is 2.35. The number of hydrogen-bond acceptors (Lipinski definition) is 3. The molecule has 0 N–H and O–H groups in total. The van der Waals surface area contributed by atoms with Gasteiger partial charge in [0.15, 0.2) is 0 Å². The minimum absolute atomic E-state index is 0.535. The highest BCUT2D eigenvalue weighted by atomic mass is 16.7. The Labute approximate surface area is 180 Å². The van der Waals surface area contributed by atoms with E-state index in [0.29, 0.717) is 23.3 Å². The zero-order valence-corrected chi connectivity index (χ0v) is 18.0. The number of benzene rings is 2. The number of ether oxygens (including phenoxy) is 2. The van der Waals surface area contributed by atoms with Crippen LogP contribution in [-0.2, 0) is 0 Å². The molecule has 3 nitrogen and oxygen atoms in total. The van der Waals surface area contributed by atoms with Crippen molar-refractivity contribution in [2.45, 2.75) is 88.9 Å². The Hall–Kier alpha value is -2.29. The largest absolute Gasteiger partial charge is 0.519 e. The second-order valence-electron chi connectivity index (χ2n) is 8.97. The lowest BCUT2D eigenvalue weighted by atomic mass is 9.92. The van der Waals surface area contributed by atoms with Crippen molar-refractivity contribution in [2.75, 3.05) is 0 Å². The van der Waals surface area contributed by atoms with E-state index in [2.05, 4.69) is 24.3 Å². The van der Waals surface area contributed by atoms with Crippen LogP contribution in [0.2, 0.25) is 0 Å². The Morgan fingerprint density at radius 1 is 0.533 bits per heavy atom. The first-order chi connectivity index (χ1) is 14.8. The van der Waals surface area contributed by atoms with Crippen molar-refractivity contribution in [3.8, 4) is 11.5 Å². The molecule has 3 heteroatoms. The molecule has 160 valence electrons. The standard InChI is InChI=1S/C27H34O3/c28-27(29-25-17-13-23(14-18-25)21-9-5-1-2-6-10-21)30-26-19-15-24(16-20-26)22-11-7-3-4-8-12-22/h13-22H,1-12H2. The molecular formula is C27H34O3. The van der Waals surface area contributed by atoms with Crippen LogP contribution in [0.4, 0.5) is 4.79 Å². The molecule has 2 saturated carbocycles. The summed E-state index contributed by atoms with van der Waals surface area (Å²) in [6, 6.07) is 15.9. The summed E-state index contributed by atoms with van der Waals surface area (Å²) >= 11 is 0. The van der Waals surface area contributed by atoms with E-state index in [1.54, 1.807) is 0 Å². The van der Waals surface area contributed by atoms with Gasteiger partial charge >= 0.3 is 6.16 Å². The van der Waals surface area contributed by atoms with Crippen LogP contribution in [-0.4, -0.2) is 6.16 Å². The highest BCUT2D eigenvalue weighted by molar-refractivity contribution is 5.67. The van der Waals surface area contributed by atoms with Gasteiger partial charge < -0.3 is 9.47 Å². The second-order valence-corrected chi connectivity index (χ2v) is 8.97. The average Bonchev–Trinajstić information content (AvgIpc) is 3.20. The van der Waals surface area contributed by atoms with E-state index in [0.717, 1.165) is 0 Å². The topological polar surface area (TPSA) is 35.5 Å². The van der Waals surface area contributed by atoms with Gasteiger partial charge in [0, 0.05) is 0 Å². The Morgan fingerprint density at radius 2 is 0.867 bits per heavy atom. The lowest BCUT2D eigenvalue weighted by molar-refractivity contribution is 0.152. The molecule has 0 saturated heterocycles. The van der Waals surface area contributed by atoms with Crippen LogP contribution in [0.5, 0.6) is 11.5 Å². The third-order valence-electron chi connectivity index (χ3n) is 6.82. The molecule has 30 heavy (non-hydrogen) atoms. The second kappa shape index (κ2) is 10.7. The van der Waals surface area contributed by atoms with Crippen LogP contribution >= 0.6 is 0 Å². The molecule has 0 atom stereocenters. The quantitative estimate of drug-likeness (QED) is 0.292. The Kier molecular flexibility index (Phi) is 7.44. The Balaban J connectivity index is 1.29. The molecule has 4 rings (SSSR count). The van der Waals surface area contributed by atoms with E-state index in [9.17, 15) is 4.79 Å². The van der Waals surface area contributed by atoms with E-state index >= 15 is 0 Å². The van der Waals surface area contributed by atoms with Gasteiger partial charge in [-0.15, -0.1) is 0 Å². The molecule has 0 amide bonds. The lowest BCUT2D eigenvalue weighted by Gasteiger charge is -2.15. The molecule has 0 heterocycles. The van der Waals surface area contributed by atoms with Crippen molar-refractivity contribution in [2.24, 2.45) is 0 Å². The average molecular weight is 407 g/mol. The van der Waals surface area contributed by atoms with Crippen molar-refractivity contribution < 1.29 is 14.3 Å². The van der Waals surface area contributed by atoms with Crippen molar-refractivity contribution in [1.82, 2.24) is 0 Å². The predicted octanol–water partition coefficient (Wildman–Crippen LogP) is 8.14. The van der Waals surface area contributed by atoms with Gasteiger partial charge in [-0.3, -0.25) is 0 Å². The summed E-state index contributed by atoms with van der Waals surface area (Å²) in [6.45, 7) is 0. The first kappa shape index (κ1) is 21.0. The van der Waals surface area contributed by atoms with Gasteiger partial charge in [-0.1, -0.05) is 75.6 Å². The van der Waals surface area contributed by atoms with Crippen LogP contribution < -0.4 is 9.47 Å². The summed E-state index contributed by atoms with van der Waals surface area (Å²) in [7, 11) is 0. The maximum Gasteiger partial charge on any atom is 0.519 e. The summed E-state index contributed by atoms with van der Waals surface area (Å²) in [4.78, 5) is 12.2. The fourth-order valence-corrected chi connectivity index (χ4v) is 5.05. The zero-order valence-electron chi connectivity index (χ0n) is 18.0. The number of rotatable bonds is 4. The van der Waals surface area contributed by atoms with E-state index in [4.69, 9.17) is 9.47 Å². The van der Waals surface area contributed by atoms with Gasteiger partial charge in [-0.05, 0) is 72.9 Å². The lowest BCUT2D eigenvalue weighted by Crippen LogP contribution is -2.13. The predicted molar refractivity (Wildman–Crippen MR) is 120 cm³/mol. The van der Waals surface area contributed by atoms with Gasteiger partial charge in [0.05, 0.1) is 0 Å². The molecule has 2 aliphatic carbocycles. The normalized spacial score (nSPS) is 18.9. The molecule has 0 unspecified atom stereocenters. The molecule has 2 aliphatic rings. The third-order valence-corrected chi connectivity index (χ3v) is 6.82. The number of carbonyl (C=O) groups excluding carboxylic acids is 1. The van der Waals surface area contributed by atoms with Crippen LogP contribution in [0.1, 0.15) is 100 Å². The third kappa shape index (κ3) is 5.87. The van der Waals surface area contributed by atoms with Gasteiger partial charge in [0.2, 0.25) is 0 Å². The summed E-state index contributed by atoms with van der Waals surface area (Å²) in [5, 5.41) is 0. The fourth-order valence-electron chi connectivity index (χ4n) is 5.05. The zero-order chi connectivity index (χ0) is 20.6. The van der Waals surface area contributed by atoms with E-state index in [1.165, 1.54) is 88.2 Å². The molecule has 0 bridgehead atoms. The molecule has 0 spiro atoms. The molecule has 2 fully saturated rings. The van der Waals surface area contributed by atoms with Crippen LogP contribution in [0.3, 0.4) is 0 Å². The van der Waals surface area contributed by atoms with E-state index < -0.39 is 6.16 Å². The van der Waals surface area contributed by atoms with Crippen molar-refractivity contribution in [3.63, 3.8) is 0 Å². The number of carbonyl (C=O) groups is 1. The van der Waals surface area contributed by atoms with E-state index in [-0.39, 0.29) is 0 Å². The molecule has 0 aliphatic heterocycles. The molecular weight excluding hydrogens is 372 g/mol. The molecule has 2 aromatic rings. The first-order valence-electron chi connectivity index (χ1n) is 11.9. The molecule has 2 aromatic carbocycles. The highest BCUT2D eigenvalue weighted by Gasteiger charge is 2.16. The van der Waals surface area contributed by atoms with Crippen molar-refractivity contribution >= 4 is 6.16 Å². The highest BCUT2D eigenvalue weighted by Crippen LogP contribution is 2.33. The maximum absolute atomic E-state index is 12.2. The summed E-state index contributed by atoms with van der Waals surface area (Å²) in [5.41, 5.74) is 2.71. The van der Waals surface area contributed by atoms with Gasteiger partial charge in [-0.2, -0.15) is 0 Å². The van der Waals surface area contributed by atoms with Crippen molar-refractivity contribution in [3.05, 3.63) is 59.7 Å². The van der Waals surface area contributed by atoms with Gasteiger partial charge in [0.1, 0.15) is 11.5 Å². The number of hydrogen-bond donors (Lipinski definition) is 0. The minimum Gasteiger partial charge on any atom is -0.395 e. The van der Waals surface area contributed by atoms with Gasteiger partial charge in [-0.25, -0.2) is 4.79 Å². The molecule has 0 aromatic heterocycles. The summed E-state index contributed by atoms with van der Waals surface area (Å²) in [6.07, 6.45) is 15.0. The van der Waals surface area contributed by atoms with Gasteiger partial charge in [0.25, 0.3) is 0 Å². The minimum atomic E-state index is -0.681. The fraction of sp³-hybridized carbons (Fsp3) is 0.519. The van der Waals surface area contributed by atoms with Crippen LogP contribution in [0, 0.1) is 0 Å². The maximum atomic E-state index is 12.2. The van der Waals surface area contributed by atoms with E-state index in [1.807, 2.05) is 24.3 Å². The summed E-state index contributed by atoms with van der Waals surface area (Å²) < 4.78 is 10.8. The monoisotopic (exact) mass is 406 g/mol. The first-order valence-corrected chi connectivity index (χ1v) is 11.9. The smallest absolute Gasteiger partial charge is 0.395 e. The molecule has 0 radical (unpaired) electrons. The van der Waals surface area contributed by atoms with Crippen molar-refractivity contribution in [1.29, 1.82) is 0 Å². The Bertz CT molecular complexity index is 710.